The van der Waals surface area contributed by atoms with Crippen LogP contribution in [0, 0.1) is 5.41 Å². The normalized spacial score (nSPS) is 21.6. The molecule has 0 radical (unpaired) electrons. The molecule has 1 unspecified atom stereocenters. The predicted octanol–water partition coefficient (Wildman–Crippen LogP) is 4.20. The maximum Gasteiger partial charge on any atom is 0.227 e. The lowest BCUT2D eigenvalue weighted by Gasteiger charge is -2.36. The fourth-order valence-corrected chi connectivity index (χ4v) is 4.42. The van der Waals surface area contributed by atoms with Gasteiger partial charge in [0, 0.05) is 23.4 Å². The number of fused-ring (bicyclic) bond motifs is 1. The maximum absolute atomic E-state index is 12.6. The van der Waals surface area contributed by atoms with Crippen LogP contribution >= 0.6 is 11.8 Å². The first-order chi connectivity index (χ1) is 11.9. The molecule has 0 saturated carbocycles. The number of Topliss-reactive ketones (excluding diaryl/α,β-unsaturated/α-hetero) is 1. The Bertz CT molecular complexity index is 854. The zero-order valence-corrected chi connectivity index (χ0v) is 15.6. The number of hydrogen-bond acceptors (Lipinski definition) is 5. The van der Waals surface area contributed by atoms with Crippen molar-refractivity contribution in [2.45, 2.75) is 50.6 Å². The molecule has 0 spiro atoms. The summed E-state index contributed by atoms with van der Waals surface area (Å²) >= 11 is 1.62. The van der Waals surface area contributed by atoms with E-state index in [0.717, 1.165) is 34.5 Å². The number of nitrogens with zero attached hydrogens (tertiary/aromatic N) is 3. The Morgan fingerprint density at radius 3 is 2.80 bits per heavy atom. The number of aromatic nitrogens is 3. The van der Waals surface area contributed by atoms with Crippen molar-refractivity contribution in [3.05, 3.63) is 47.2 Å². The van der Waals surface area contributed by atoms with Gasteiger partial charge in [-0.15, -0.1) is 5.10 Å². The van der Waals surface area contributed by atoms with Crippen molar-refractivity contribution in [3.63, 3.8) is 0 Å². The van der Waals surface area contributed by atoms with Gasteiger partial charge in [-0.2, -0.15) is 4.98 Å². The van der Waals surface area contributed by atoms with Crippen LogP contribution in [0.3, 0.4) is 0 Å². The van der Waals surface area contributed by atoms with E-state index in [2.05, 4.69) is 41.4 Å². The Morgan fingerprint density at radius 1 is 1.28 bits per heavy atom. The van der Waals surface area contributed by atoms with E-state index in [-0.39, 0.29) is 17.2 Å². The summed E-state index contributed by atoms with van der Waals surface area (Å²) in [6.45, 7) is 6.32. The topological polar surface area (TPSA) is 59.8 Å². The molecule has 130 valence electrons. The molecular weight excluding hydrogens is 332 g/mol. The number of hydrogen-bond donors (Lipinski definition) is 1. The minimum atomic E-state index is -0.0616. The fraction of sp³-hybridized carbons (Fsp3) is 0.421. The van der Waals surface area contributed by atoms with Crippen molar-refractivity contribution < 1.29 is 4.79 Å². The number of nitrogens with one attached hydrogen (secondary N) is 1. The van der Waals surface area contributed by atoms with E-state index in [4.69, 9.17) is 0 Å². The van der Waals surface area contributed by atoms with E-state index in [9.17, 15) is 4.79 Å². The molecule has 6 heteroatoms. The van der Waals surface area contributed by atoms with E-state index in [1.54, 1.807) is 11.8 Å². The van der Waals surface area contributed by atoms with Crippen molar-refractivity contribution in [1.82, 2.24) is 14.8 Å². The molecule has 2 aromatic rings. The van der Waals surface area contributed by atoms with Gasteiger partial charge in [-0.3, -0.25) is 4.79 Å². The molecule has 1 N–H and O–H groups in total. The van der Waals surface area contributed by atoms with Gasteiger partial charge in [-0.05, 0) is 24.3 Å². The number of anilines is 1. The quantitative estimate of drug-likeness (QED) is 0.837. The number of carbonyl (C=O) groups is 1. The van der Waals surface area contributed by atoms with Crippen molar-refractivity contribution in [3.8, 4) is 0 Å². The molecule has 1 atom stereocenters. The van der Waals surface area contributed by atoms with Crippen molar-refractivity contribution in [2.75, 3.05) is 5.32 Å². The van der Waals surface area contributed by atoms with Crippen molar-refractivity contribution in [2.24, 2.45) is 5.41 Å². The first-order valence-electron chi connectivity index (χ1n) is 8.59. The highest BCUT2D eigenvalue weighted by Crippen LogP contribution is 2.43. The third-order valence-corrected chi connectivity index (χ3v) is 5.70. The highest BCUT2D eigenvalue weighted by Gasteiger charge is 2.39. The lowest BCUT2D eigenvalue weighted by Crippen LogP contribution is -2.35. The van der Waals surface area contributed by atoms with Gasteiger partial charge in [0.2, 0.25) is 11.1 Å². The Morgan fingerprint density at radius 2 is 2.04 bits per heavy atom. The highest BCUT2D eigenvalue weighted by molar-refractivity contribution is 7.98. The first kappa shape index (κ1) is 16.4. The summed E-state index contributed by atoms with van der Waals surface area (Å²) in [6.07, 6.45) is 1.47. The van der Waals surface area contributed by atoms with Gasteiger partial charge in [0.1, 0.15) is 0 Å². The lowest BCUT2D eigenvalue weighted by molar-refractivity contribution is -0.118. The second kappa shape index (κ2) is 6.02. The van der Waals surface area contributed by atoms with Crippen LogP contribution < -0.4 is 5.32 Å². The summed E-state index contributed by atoms with van der Waals surface area (Å²) in [5, 5.41) is 8.74. The largest absolute Gasteiger partial charge is 0.328 e. The van der Waals surface area contributed by atoms with Gasteiger partial charge in [-0.25, -0.2) is 4.68 Å². The summed E-state index contributed by atoms with van der Waals surface area (Å²) in [5.74, 6) is 1.80. The lowest BCUT2D eigenvalue weighted by atomic mass is 9.74. The SMILES string of the molecule is CC1C2=C(CC(C)(C)CC2=O)Nc2nc(SCc3ccccc3)nn21. The van der Waals surface area contributed by atoms with E-state index in [1.165, 1.54) is 5.56 Å². The zero-order chi connectivity index (χ0) is 17.6. The Kier molecular flexibility index (Phi) is 3.95. The molecule has 1 aliphatic carbocycles. The summed E-state index contributed by atoms with van der Waals surface area (Å²) in [6, 6.07) is 10.2. The van der Waals surface area contributed by atoms with Crippen LogP contribution in [0.4, 0.5) is 5.95 Å². The fourth-order valence-electron chi connectivity index (χ4n) is 3.63. The van der Waals surface area contributed by atoms with Gasteiger partial charge < -0.3 is 5.32 Å². The monoisotopic (exact) mass is 354 g/mol. The summed E-state index contributed by atoms with van der Waals surface area (Å²) < 4.78 is 1.85. The van der Waals surface area contributed by atoms with Gasteiger partial charge in [0.15, 0.2) is 5.78 Å². The number of carbonyl (C=O) groups excluding carboxylic acids is 1. The summed E-state index contributed by atoms with van der Waals surface area (Å²) in [4.78, 5) is 17.3. The number of ketones is 1. The van der Waals surface area contributed by atoms with Gasteiger partial charge in [0.05, 0.1) is 6.04 Å². The van der Waals surface area contributed by atoms with E-state index in [1.807, 2.05) is 29.8 Å². The first-order valence-corrected chi connectivity index (χ1v) is 9.58. The number of rotatable bonds is 3. The van der Waals surface area contributed by atoms with Gasteiger partial charge in [0.25, 0.3) is 0 Å². The van der Waals surface area contributed by atoms with Crippen LogP contribution in [0.25, 0.3) is 0 Å². The molecule has 1 aromatic carbocycles. The molecule has 0 saturated heterocycles. The van der Waals surface area contributed by atoms with Crippen molar-refractivity contribution >= 4 is 23.5 Å². The number of thioether (sulfide) groups is 1. The van der Waals surface area contributed by atoms with Crippen LogP contribution in [-0.4, -0.2) is 20.5 Å². The molecule has 0 bridgehead atoms. The smallest absolute Gasteiger partial charge is 0.227 e. The van der Waals surface area contributed by atoms with Crippen molar-refractivity contribution in [1.29, 1.82) is 0 Å². The maximum atomic E-state index is 12.6. The molecular formula is C19H22N4OS. The molecule has 4 rings (SSSR count). The molecule has 2 heterocycles. The molecule has 1 aromatic heterocycles. The molecule has 1 aliphatic heterocycles. The standard InChI is InChI=1S/C19H22N4OS/c1-12-16-14(9-19(2,3)10-15(16)24)20-17-21-18(22-23(12)17)25-11-13-7-5-4-6-8-13/h4-8,12H,9-11H2,1-3H3,(H,20,21,22). The van der Waals surface area contributed by atoms with Crippen LogP contribution in [0.5, 0.6) is 0 Å². The third-order valence-electron chi connectivity index (χ3n) is 4.79. The van der Waals surface area contributed by atoms with E-state index in [0.29, 0.717) is 6.42 Å². The minimum Gasteiger partial charge on any atom is -0.328 e. The molecule has 0 amide bonds. The highest BCUT2D eigenvalue weighted by atomic mass is 32.2. The number of allylic oxidation sites excluding steroid dienone is 2. The van der Waals surface area contributed by atoms with Crippen LogP contribution in [0.2, 0.25) is 0 Å². The van der Waals surface area contributed by atoms with Gasteiger partial charge >= 0.3 is 0 Å². The second-order valence-electron chi connectivity index (χ2n) is 7.57. The Balaban J connectivity index is 1.56. The average molecular weight is 354 g/mol. The van der Waals surface area contributed by atoms with E-state index < -0.39 is 0 Å². The Labute approximate surface area is 151 Å². The number of benzene rings is 1. The Hall–Kier alpha value is -2.08. The molecule has 2 aliphatic rings. The van der Waals surface area contributed by atoms with E-state index >= 15 is 0 Å². The molecule has 5 nitrogen and oxygen atoms in total. The molecule has 0 fully saturated rings. The van der Waals surface area contributed by atoms with Crippen LogP contribution in [0.1, 0.15) is 45.2 Å². The van der Waals surface area contributed by atoms with Crippen LogP contribution in [-0.2, 0) is 10.5 Å². The summed E-state index contributed by atoms with van der Waals surface area (Å²) in [5.41, 5.74) is 3.13. The minimum absolute atomic E-state index is 0.00425. The third kappa shape index (κ3) is 3.11. The predicted molar refractivity (Wildman–Crippen MR) is 99.4 cm³/mol. The molecule has 25 heavy (non-hydrogen) atoms. The van der Waals surface area contributed by atoms with Gasteiger partial charge in [-0.1, -0.05) is 55.9 Å². The second-order valence-corrected chi connectivity index (χ2v) is 8.51. The average Bonchev–Trinajstić information content (AvgIpc) is 2.95. The van der Waals surface area contributed by atoms with Crippen LogP contribution in [0.15, 0.2) is 46.8 Å². The zero-order valence-electron chi connectivity index (χ0n) is 14.7. The summed E-state index contributed by atoms with van der Waals surface area (Å²) in [7, 11) is 0.